The van der Waals surface area contributed by atoms with Crippen LogP contribution in [0.25, 0.3) is 0 Å². The van der Waals surface area contributed by atoms with E-state index in [1.165, 1.54) is 6.26 Å². The van der Waals surface area contributed by atoms with Crippen molar-refractivity contribution in [2.45, 2.75) is 31.7 Å². The molecule has 0 radical (unpaired) electrons. The summed E-state index contributed by atoms with van der Waals surface area (Å²) < 4.78 is 22.9. The molecule has 0 saturated heterocycles. The highest BCUT2D eigenvalue weighted by atomic mass is 32.2. The van der Waals surface area contributed by atoms with Gasteiger partial charge in [0.25, 0.3) is 0 Å². The molecule has 1 aromatic heterocycles. The lowest BCUT2D eigenvalue weighted by molar-refractivity contribution is 0.602. The molecule has 0 amide bonds. The van der Waals surface area contributed by atoms with Crippen molar-refractivity contribution in [1.82, 2.24) is 9.97 Å². The molecule has 6 heteroatoms. The molecule has 112 valence electrons. The summed E-state index contributed by atoms with van der Waals surface area (Å²) in [7, 11) is -3.16. The van der Waals surface area contributed by atoms with Crippen LogP contribution in [0.1, 0.15) is 29.9 Å². The van der Waals surface area contributed by atoms with Gasteiger partial charge in [-0.3, -0.25) is 0 Å². The Balaban J connectivity index is 2.18. The second-order valence-corrected chi connectivity index (χ2v) is 7.20. The monoisotopic (exact) mass is 305 g/mol. The molecule has 5 nitrogen and oxygen atoms in total. The van der Waals surface area contributed by atoms with Gasteiger partial charge in [-0.25, -0.2) is 18.4 Å². The van der Waals surface area contributed by atoms with E-state index in [1.54, 1.807) is 24.3 Å². The highest BCUT2D eigenvalue weighted by molar-refractivity contribution is 7.90. The Hall–Kier alpha value is -1.95. The van der Waals surface area contributed by atoms with Crippen LogP contribution in [-0.2, 0) is 9.84 Å². The van der Waals surface area contributed by atoms with Gasteiger partial charge in [-0.05, 0) is 44.5 Å². The first-order valence-electron chi connectivity index (χ1n) is 6.64. The zero-order chi connectivity index (χ0) is 15.6. The van der Waals surface area contributed by atoms with Crippen LogP contribution >= 0.6 is 0 Å². The lowest BCUT2D eigenvalue weighted by atomic mass is 10.1. The van der Waals surface area contributed by atoms with Gasteiger partial charge in [0.1, 0.15) is 0 Å². The van der Waals surface area contributed by atoms with Gasteiger partial charge in [0.05, 0.1) is 10.9 Å². The normalized spacial score (nSPS) is 13.0. The van der Waals surface area contributed by atoms with E-state index in [2.05, 4.69) is 15.3 Å². The molecule has 0 saturated carbocycles. The number of sulfone groups is 1. The van der Waals surface area contributed by atoms with Crippen LogP contribution in [0.15, 0.2) is 35.2 Å². The van der Waals surface area contributed by atoms with Crippen molar-refractivity contribution in [3.8, 4) is 0 Å². The van der Waals surface area contributed by atoms with E-state index < -0.39 is 9.84 Å². The highest BCUT2D eigenvalue weighted by Crippen LogP contribution is 2.19. The third kappa shape index (κ3) is 4.01. The minimum absolute atomic E-state index is 0.0141. The molecule has 0 aliphatic rings. The number of benzene rings is 1. The Kier molecular flexibility index (Phi) is 4.27. The SMILES string of the molecule is Cc1cc(C)nc(N[C@H](C)c2ccc(S(C)(=O)=O)cc2)n1. The molecule has 0 aliphatic carbocycles. The van der Waals surface area contributed by atoms with Gasteiger partial charge in [0.15, 0.2) is 9.84 Å². The van der Waals surface area contributed by atoms with Gasteiger partial charge in [-0.15, -0.1) is 0 Å². The van der Waals surface area contributed by atoms with Crippen molar-refractivity contribution >= 4 is 15.8 Å². The molecule has 0 bridgehead atoms. The molecule has 2 aromatic rings. The molecule has 0 spiro atoms. The molecule has 2 rings (SSSR count). The Morgan fingerprint density at radius 1 is 1.05 bits per heavy atom. The molecular weight excluding hydrogens is 286 g/mol. The number of anilines is 1. The summed E-state index contributed by atoms with van der Waals surface area (Å²) in [5, 5.41) is 3.23. The summed E-state index contributed by atoms with van der Waals surface area (Å²) in [6.45, 7) is 5.83. The largest absolute Gasteiger partial charge is 0.348 e. The molecule has 0 fully saturated rings. The van der Waals surface area contributed by atoms with Crippen molar-refractivity contribution < 1.29 is 8.42 Å². The molecule has 0 aliphatic heterocycles. The lowest BCUT2D eigenvalue weighted by Crippen LogP contribution is -2.10. The average Bonchev–Trinajstić information content (AvgIpc) is 2.36. The second kappa shape index (κ2) is 5.81. The van der Waals surface area contributed by atoms with Crippen molar-refractivity contribution in [3.63, 3.8) is 0 Å². The first-order valence-corrected chi connectivity index (χ1v) is 8.53. The van der Waals surface area contributed by atoms with Gasteiger partial charge in [-0.1, -0.05) is 12.1 Å². The maximum Gasteiger partial charge on any atom is 0.223 e. The highest BCUT2D eigenvalue weighted by Gasteiger charge is 2.10. The topological polar surface area (TPSA) is 72.0 Å². The standard InChI is InChI=1S/C15H19N3O2S/c1-10-9-11(2)17-15(16-10)18-12(3)13-5-7-14(8-6-13)21(4,19)20/h5-9,12H,1-4H3,(H,16,17,18)/t12-/m1/s1. The van der Waals surface area contributed by atoms with Crippen molar-refractivity contribution in [2.24, 2.45) is 0 Å². The Morgan fingerprint density at radius 2 is 1.57 bits per heavy atom. The molecule has 1 aromatic carbocycles. The van der Waals surface area contributed by atoms with Crippen molar-refractivity contribution in [3.05, 3.63) is 47.3 Å². The van der Waals surface area contributed by atoms with Crippen LogP contribution in [0.5, 0.6) is 0 Å². The smallest absolute Gasteiger partial charge is 0.223 e. The number of aromatic nitrogens is 2. The first-order chi connectivity index (χ1) is 9.75. The average molecular weight is 305 g/mol. The predicted molar refractivity (Wildman–Crippen MR) is 83.1 cm³/mol. The number of nitrogens with zero attached hydrogens (tertiary/aromatic N) is 2. The van der Waals surface area contributed by atoms with Crippen LogP contribution in [0, 0.1) is 13.8 Å². The maximum atomic E-state index is 11.4. The molecular formula is C15H19N3O2S. The fourth-order valence-electron chi connectivity index (χ4n) is 2.07. The third-order valence-electron chi connectivity index (χ3n) is 3.14. The minimum atomic E-state index is -3.16. The van der Waals surface area contributed by atoms with Crippen LogP contribution in [0.2, 0.25) is 0 Å². The lowest BCUT2D eigenvalue weighted by Gasteiger charge is -2.15. The van der Waals surface area contributed by atoms with Crippen LogP contribution < -0.4 is 5.32 Å². The molecule has 1 atom stereocenters. The molecule has 1 heterocycles. The fourth-order valence-corrected chi connectivity index (χ4v) is 2.70. The van der Waals surface area contributed by atoms with Crippen LogP contribution in [0.4, 0.5) is 5.95 Å². The number of rotatable bonds is 4. The third-order valence-corrected chi connectivity index (χ3v) is 4.26. The number of hydrogen-bond donors (Lipinski definition) is 1. The zero-order valence-corrected chi connectivity index (χ0v) is 13.4. The molecule has 1 N–H and O–H groups in total. The van der Waals surface area contributed by atoms with E-state index in [0.29, 0.717) is 10.8 Å². The quantitative estimate of drug-likeness (QED) is 0.940. The summed E-state index contributed by atoms with van der Waals surface area (Å²) in [5.41, 5.74) is 2.79. The zero-order valence-electron chi connectivity index (χ0n) is 12.6. The Bertz CT molecular complexity index is 720. The Labute approximate surface area is 125 Å². The Morgan fingerprint density at radius 3 is 2.05 bits per heavy atom. The number of aryl methyl sites for hydroxylation is 2. The van der Waals surface area contributed by atoms with Crippen molar-refractivity contribution in [1.29, 1.82) is 0 Å². The van der Waals surface area contributed by atoms with E-state index >= 15 is 0 Å². The van der Waals surface area contributed by atoms with E-state index in [0.717, 1.165) is 17.0 Å². The number of hydrogen-bond acceptors (Lipinski definition) is 5. The van der Waals surface area contributed by atoms with Gasteiger partial charge in [0, 0.05) is 17.6 Å². The van der Waals surface area contributed by atoms with Gasteiger partial charge >= 0.3 is 0 Å². The van der Waals surface area contributed by atoms with Gasteiger partial charge in [0.2, 0.25) is 5.95 Å². The van der Waals surface area contributed by atoms with Crippen LogP contribution in [0.3, 0.4) is 0 Å². The summed E-state index contributed by atoms with van der Waals surface area (Å²) in [5.74, 6) is 0.576. The van der Waals surface area contributed by atoms with Gasteiger partial charge in [-0.2, -0.15) is 0 Å². The summed E-state index contributed by atoms with van der Waals surface area (Å²) in [4.78, 5) is 9.00. The van der Waals surface area contributed by atoms with E-state index in [1.807, 2.05) is 26.8 Å². The van der Waals surface area contributed by atoms with Crippen molar-refractivity contribution in [2.75, 3.05) is 11.6 Å². The van der Waals surface area contributed by atoms with Crippen LogP contribution in [-0.4, -0.2) is 24.6 Å². The maximum absolute atomic E-state index is 11.4. The molecule has 0 unspecified atom stereocenters. The summed E-state index contributed by atoms with van der Waals surface area (Å²) in [6, 6.07) is 8.74. The predicted octanol–water partition coefficient (Wildman–Crippen LogP) is 2.67. The summed E-state index contributed by atoms with van der Waals surface area (Å²) >= 11 is 0. The fraction of sp³-hybridized carbons (Fsp3) is 0.333. The van der Waals surface area contributed by atoms with E-state index in [4.69, 9.17) is 0 Å². The van der Waals surface area contributed by atoms with E-state index in [-0.39, 0.29) is 6.04 Å². The van der Waals surface area contributed by atoms with Gasteiger partial charge < -0.3 is 5.32 Å². The molecule has 21 heavy (non-hydrogen) atoms. The first kappa shape index (κ1) is 15.4. The number of nitrogens with one attached hydrogen (secondary N) is 1. The van der Waals surface area contributed by atoms with E-state index in [9.17, 15) is 8.42 Å². The summed E-state index contributed by atoms with van der Waals surface area (Å²) in [6.07, 6.45) is 1.20. The minimum Gasteiger partial charge on any atom is -0.348 e. The second-order valence-electron chi connectivity index (χ2n) is 5.18.